The van der Waals surface area contributed by atoms with E-state index in [1.165, 1.54) is 17.2 Å². The molecule has 14 heteroatoms. The number of piperidine rings is 1. The van der Waals surface area contributed by atoms with E-state index < -0.39 is 0 Å². The van der Waals surface area contributed by atoms with Crippen molar-refractivity contribution in [2.75, 3.05) is 76.6 Å². The Labute approximate surface area is 290 Å². The highest BCUT2D eigenvalue weighted by Crippen LogP contribution is 2.32. The molecule has 13 nitrogen and oxygen atoms in total. The fourth-order valence-electron chi connectivity index (χ4n) is 5.57. The van der Waals surface area contributed by atoms with Crippen LogP contribution in [-0.4, -0.2) is 91.9 Å². The van der Waals surface area contributed by atoms with Crippen LogP contribution in [0, 0.1) is 0 Å². The quantitative estimate of drug-likeness (QED) is 0.138. The van der Waals surface area contributed by atoms with Crippen molar-refractivity contribution in [1.29, 1.82) is 0 Å². The van der Waals surface area contributed by atoms with Crippen LogP contribution in [0.4, 0.5) is 17.5 Å². The average molecular weight is 695 g/mol. The van der Waals surface area contributed by atoms with Gasteiger partial charge in [0.05, 0.1) is 44.7 Å². The third-order valence-electron chi connectivity index (χ3n) is 8.26. The molecule has 1 aliphatic heterocycles. The van der Waals surface area contributed by atoms with E-state index in [9.17, 15) is 9.59 Å². The van der Waals surface area contributed by atoms with Crippen LogP contribution in [0.15, 0.2) is 59.5 Å². The lowest BCUT2D eigenvalue weighted by Gasteiger charge is -2.32. The zero-order valence-corrected chi connectivity index (χ0v) is 28.6. The first-order valence-electron chi connectivity index (χ1n) is 16.4. The summed E-state index contributed by atoms with van der Waals surface area (Å²) in [4.78, 5) is 35.8. The van der Waals surface area contributed by atoms with Crippen molar-refractivity contribution in [3.63, 3.8) is 0 Å². The molecule has 0 radical (unpaired) electrons. The first-order chi connectivity index (χ1) is 23.9. The number of nitrogens with one attached hydrogen (secondary N) is 2. The molecule has 1 amide bonds. The molecule has 0 saturated carbocycles. The van der Waals surface area contributed by atoms with Crippen LogP contribution in [0.2, 0.25) is 5.02 Å². The minimum Gasteiger partial charge on any atom is -0.494 e. The largest absolute Gasteiger partial charge is 0.494 e. The maximum Gasteiger partial charge on any atom is 0.293 e. The molecule has 1 saturated heterocycles. The molecule has 3 N–H and O–H groups in total. The van der Waals surface area contributed by atoms with Gasteiger partial charge in [0.2, 0.25) is 5.95 Å². The molecule has 0 aliphatic carbocycles. The van der Waals surface area contributed by atoms with Gasteiger partial charge in [-0.2, -0.15) is 4.98 Å². The third kappa shape index (κ3) is 9.82. The topological polar surface area (TPSA) is 149 Å². The van der Waals surface area contributed by atoms with Gasteiger partial charge in [0.1, 0.15) is 10.8 Å². The highest BCUT2D eigenvalue weighted by molar-refractivity contribution is 6.32. The lowest BCUT2D eigenvalue weighted by Crippen LogP contribution is -2.34. The fourth-order valence-corrected chi connectivity index (χ4v) is 5.71. The number of aliphatic hydroxyl groups is 1. The van der Waals surface area contributed by atoms with E-state index in [1.807, 2.05) is 30.3 Å². The van der Waals surface area contributed by atoms with Crippen molar-refractivity contribution >= 4 is 45.9 Å². The summed E-state index contributed by atoms with van der Waals surface area (Å²) in [6.07, 6.45) is 4.31. The summed E-state index contributed by atoms with van der Waals surface area (Å²) >= 11 is 6.51. The van der Waals surface area contributed by atoms with Gasteiger partial charge < -0.3 is 44.2 Å². The van der Waals surface area contributed by atoms with Gasteiger partial charge in [0.15, 0.2) is 18.2 Å². The summed E-state index contributed by atoms with van der Waals surface area (Å²) in [6.45, 7) is 3.87. The molecule has 0 bridgehead atoms. The van der Waals surface area contributed by atoms with Gasteiger partial charge in [0.25, 0.3) is 11.5 Å². The molecular weight excluding hydrogens is 652 g/mol. The molecular formula is C35H43ClN6O7. The lowest BCUT2D eigenvalue weighted by molar-refractivity contribution is -0.122. The first kappa shape index (κ1) is 35.9. The fraction of sp³-hybridized carbons (Fsp3) is 0.429. The Balaban J connectivity index is 1.14. The number of carbonyl (C=O) groups is 1. The second-order valence-electron chi connectivity index (χ2n) is 11.6. The van der Waals surface area contributed by atoms with Gasteiger partial charge in [-0.25, -0.2) is 4.98 Å². The maximum atomic E-state index is 12.7. The van der Waals surface area contributed by atoms with Crippen molar-refractivity contribution in [1.82, 2.24) is 19.9 Å². The molecule has 262 valence electrons. The van der Waals surface area contributed by atoms with E-state index in [2.05, 4.69) is 32.7 Å². The number of halogens is 1. The number of ether oxygens (including phenoxy) is 4. The molecule has 4 aromatic rings. The number of likely N-dealkylation sites (N-methyl/N-ethyl adjacent to an activating group) is 1. The van der Waals surface area contributed by atoms with Crippen LogP contribution in [0.3, 0.4) is 0 Å². The number of amides is 1. The number of aryl methyl sites for hydroxylation is 1. The van der Waals surface area contributed by atoms with E-state index in [0.717, 1.165) is 49.2 Å². The van der Waals surface area contributed by atoms with E-state index in [1.54, 1.807) is 19.3 Å². The Hall–Kier alpha value is -4.43. The summed E-state index contributed by atoms with van der Waals surface area (Å²) in [5.74, 6) is 2.10. The first-order valence-corrected chi connectivity index (χ1v) is 16.7. The molecule has 1 fully saturated rings. The van der Waals surface area contributed by atoms with Crippen molar-refractivity contribution in [2.45, 2.75) is 25.2 Å². The Morgan fingerprint density at radius 1 is 1.00 bits per heavy atom. The summed E-state index contributed by atoms with van der Waals surface area (Å²) in [5, 5.41) is 15.6. The minimum absolute atomic E-state index is 0.0221. The number of rotatable bonds is 17. The number of hydrogen-bond acceptors (Lipinski definition) is 11. The zero-order chi connectivity index (χ0) is 34.6. The standard InChI is InChI=1S/C35H43ClN6O7/c1-37-32(44)23-49-31-21-26-20-27(6-9-30(26)41(2)34(31)45)39-33-29(36)22-38-35(40-33)42-12-10-25(11-13-42)24-4-7-28(8-5-24)48-16-3-15-46-18-19-47-17-14-43/h4-9,20-22,25,43H,3,10-19,23H2,1-2H3,(H,37,44)(H,38,39,40). The summed E-state index contributed by atoms with van der Waals surface area (Å²) in [6, 6.07) is 15.5. The van der Waals surface area contributed by atoms with Crippen LogP contribution in [0.1, 0.15) is 30.7 Å². The van der Waals surface area contributed by atoms with Gasteiger partial charge in [-0.1, -0.05) is 23.7 Å². The monoisotopic (exact) mass is 694 g/mol. The Morgan fingerprint density at radius 2 is 1.76 bits per heavy atom. The van der Waals surface area contributed by atoms with Gasteiger partial charge in [-0.3, -0.25) is 9.59 Å². The number of hydrogen-bond donors (Lipinski definition) is 3. The number of fused-ring (bicyclic) bond motifs is 1. The molecule has 49 heavy (non-hydrogen) atoms. The number of anilines is 3. The highest BCUT2D eigenvalue weighted by atomic mass is 35.5. The second-order valence-corrected chi connectivity index (χ2v) is 12.0. The number of aliphatic hydroxyl groups excluding tert-OH is 1. The third-order valence-corrected chi connectivity index (χ3v) is 8.54. The van der Waals surface area contributed by atoms with E-state index in [0.29, 0.717) is 61.3 Å². The van der Waals surface area contributed by atoms with Crippen molar-refractivity contribution in [3.8, 4) is 11.5 Å². The molecule has 2 aromatic heterocycles. The van der Waals surface area contributed by atoms with Crippen molar-refractivity contribution in [2.24, 2.45) is 7.05 Å². The van der Waals surface area contributed by atoms with Crippen molar-refractivity contribution in [3.05, 3.63) is 75.7 Å². The second kappa shape index (κ2) is 17.8. The van der Waals surface area contributed by atoms with E-state index in [4.69, 9.17) is 40.6 Å². The Kier molecular flexibility index (Phi) is 13.0. The molecule has 0 atom stereocenters. The summed E-state index contributed by atoms with van der Waals surface area (Å²) < 4.78 is 23.5. The average Bonchev–Trinajstić information content (AvgIpc) is 3.13. The predicted molar refractivity (Wildman–Crippen MR) is 189 cm³/mol. The lowest BCUT2D eigenvalue weighted by atomic mass is 9.89. The normalized spacial score (nSPS) is 13.4. The zero-order valence-electron chi connectivity index (χ0n) is 27.8. The number of pyridine rings is 1. The maximum absolute atomic E-state index is 12.7. The number of nitrogens with zero attached hydrogens (tertiary/aromatic N) is 4. The van der Waals surface area contributed by atoms with E-state index >= 15 is 0 Å². The van der Waals surface area contributed by atoms with Crippen LogP contribution >= 0.6 is 11.6 Å². The van der Waals surface area contributed by atoms with Crippen molar-refractivity contribution < 1.29 is 28.8 Å². The predicted octanol–water partition coefficient (Wildman–Crippen LogP) is 4.03. The smallest absolute Gasteiger partial charge is 0.293 e. The summed E-state index contributed by atoms with van der Waals surface area (Å²) in [5.41, 5.74) is 2.38. The van der Waals surface area contributed by atoms with Crippen LogP contribution in [0.5, 0.6) is 11.5 Å². The molecule has 0 spiro atoms. The van der Waals surface area contributed by atoms with Crippen LogP contribution in [-0.2, 0) is 21.3 Å². The van der Waals surface area contributed by atoms with E-state index in [-0.39, 0.29) is 30.4 Å². The van der Waals surface area contributed by atoms with Crippen LogP contribution < -0.4 is 30.6 Å². The molecule has 2 aromatic carbocycles. The molecule has 1 aliphatic rings. The molecule has 3 heterocycles. The highest BCUT2D eigenvalue weighted by Gasteiger charge is 2.23. The van der Waals surface area contributed by atoms with Gasteiger partial charge in [0, 0.05) is 51.3 Å². The Bertz CT molecular complexity index is 1750. The SMILES string of the molecule is CNC(=O)COc1cc2cc(Nc3nc(N4CCC(c5ccc(OCCCOCCOCCO)cc5)CC4)ncc3Cl)ccc2n(C)c1=O. The molecule has 0 unspecified atom stereocenters. The number of benzene rings is 2. The Morgan fingerprint density at radius 3 is 2.49 bits per heavy atom. The van der Waals surface area contributed by atoms with Gasteiger partial charge >= 0.3 is 0 Å². The van der Waals surface area contributed by atoms with Crippen LogP contribution in [0.25, 0.3) is 10.9 Å². The minimum atomic E-state index is -0.331. The number of carbonyl (C=O) groups excluding carboxylic acids is 1. The van der Waals surface area contributed by atoms with Gasteiger partial charge in [-0.15, -0.1) is 0 Å². The summed E-state index contributed by atoms with van der Waals surface area (Å²) in [7, 11) is 3.17. The van der Waals surface area contributed by atoms with Gasteiger partial charge in [-0.05, 0) is 60.7 Å². The molecule has 5 rings (SSSR count). The number of aromatic nitrogens is 3.